The van der Waals surface area contributed by atoms with E-state index in [0.717, 1.165) is 98.8 Å². The van der Waals surface area contributed by atoms with Crippen molar-refractivity contribution < 1.29 is 47.6 Å². The number of hydrogen-bond acceptors (Lipinski definition) is 16. The van der Waals surface area contributed by atoms with Crippen LogP contribution in [0.25, 0.3) is 33.7 Å². The summed E-state index contributed by atoms with van der Waals surface area (Å²) in [6.45, 7) is 16.4. The molecule has 22 heteroatoms. The number of likely N-dealkylation sites (tertiary alicyclic amines) is 1. The van der Waals surface area contributed by atoms with Gasteiger partial charge in [-0.3, -0.25) is 24.5 Å². The van der Waals surface area contributed by atoms with Crippen molar-refractivity contribution >= 4 is 70.1 Å². The van der Waals surface area contributed by atoms with E-state index in [2.05, 4.69) is 34.1 Å². The van der Waals surface area contributed by atoms with Gasteiger partial charge in [-0.1, -0.05) is 59.6 Å². The molecule has 5 atom stereocenters. The third kappa shape index (κ3) is 13.4. The molecule has 6 aromatic rings. The predicted molar refractivity (Wildman–Crippen MR) is 361 cm³/mol. The van der Waals surface area contributed by atoms with Crippen molar-refractivity contribution in [2.24, 2.45) is 27.7 Å². The Bertz CT molecular complexity index is 4010. The second-order valence-electron chi connectivity index (χ2n) is 26.7. The van der Waals surface area contributed by atoms with E-state index in [-0.39, 0.29) is 53.8 Å². The fourth-order valence-electron chi connectivity index (χ4n) is 13.0. The summed E-state index contributed by atoms with van der Waals surface area (Å²) >= 11 is 3.40. The smallest absolute Gasteiger partial charge is 0.411 e. The first-order valence-corrected chi connectivity index (χ1v) is 34.6. The second kappa shape index (κ2) is 26.5. The maximum Gasteiger partial charge on any atom is 0.411 e. The average Bonchev–Trinajstić information content (AvgIpc) is 1.31. The molecule has 4 amide bonds. The van der Waals surface area contributed by atoms with Gasteiger partial charge in [-0.2, -0.15) is 0 Å². The lowest BCUT2D eigenvalue weighted by molar-refractivity contribution is -0.137. The van der Waals surface area contributed by atoms with Crippen LogP contribution in [0.15, 0.2) is 108 Å². The maximum absolute atomic E-state index is 13.6. The van der Waals surface area contributed by atoms with Crippen LogP contribution < -0.4 is 24.3 Å². The number of allylic oxidation sites excluding steroid dienone is 2. The molecule has 3 saturated heterocycles. The number of nitrogens with zero attached hydrogens (tertiary/aromatic N) is 7. The molecule has 0 unspecified atom stereocenters. The Hall–Kier alpha value is -8.50. The Kier molecular flexibility index (Phi) is 18.0. The number of amides is 4. The number of benzene rings is 4. The average molecular weight is 1300 g/mol. The molecule has 4 aromatic carbocycles. The van der Waals surface area contributed by atoms with Crippen molar-refractivity contribution in [3.05, 3.63) is 120 Å². The molecule has 14 rings (SSSR count). The van der Waals surface area contributed by atoms with Gasteiger partial charge in [0, 0.05) is 77.7 Å². The molecule has 8 aliphatic rings. The first kappa shape index (κ1) is 63.3. The number of methoxy groups -OCH3 is 1. The lowest BCUT2D eigenvalue weighted by Gasteiger charge is -2.30. The zero-order valence-electron chi connectivity index (χ0n) is 54.1. The Morgan fingerprint density at radius 2 is 1.06 bits per heavy atom. The zero-order chi connectivity index (χ0) is 64.8. The standard InChI is InChI=1S/C39H46N6O6S.C32H34N4O4S/c1-21(2)23(5)37(46)44-13-7-8-29(44)36-41-18-28(42-36)25-10-12-32-34(16-25)51-31-11-9-24(15-33(31)50-32)26-14-27(40-17-26)30-19-52-20-45(30)38(47)35(22(3)4)43-39(48)49-6;1-32(2,3)40-31(37)36-18-41-17-25(36)23-12-22(15-33-23)20-8-10-26-28(13-20)38-27-11-9-21(14-29(27)39-26)24-16-34-30(35-24)19-6-4-5-7-19/h9-12,15-18,21-23,29-30,35H,7-8,13-14,19-20H2,1-6H3,(H,41,42)(H,43,48);8-11,13-16,19,25H,4-7,12,17-18H2,1-3H3,(H,34,35)/t23-,29-,30-,35-;25-/m01/s1. The minimum absolute atomic E-state index is 0.0336. The van der Waals surface area contributed by atoms with Crippen LogP contribution >= 0.6 is 23.5 Å². The highest BCUT2D eigenvalue weighted by Crippen LogP contribution is 2.50. The molecule has 4 fully saturated rings. The highest BCUT2D eigenvalue weighted by molar-refractivity contribution is 7.99. The van der Waals surface area contributed by atoms with Gasteiger partial charge in [-0.15, -0.1) is 23.5 Å². The molecule has 0 radical (unpaired) electrons. The lowest BCUT2D eigenvalue weighted by atomic mass is 9.96. The maximum atomic E-state index is 13.6. The van der Waals surface area contributed by atoms with Crippen molar-refractivity contribution in [1.29, 1.82) is 0 Å². The largest absolute Gasteiger partial charge is 0.453 e. The molecular formula is C71H80N10O10S2. The number of nitrogens with one attached hydrogen (secondary N) is 3. The minimum Gasteiger partial charge on any atom is -0.453 e. The van der Waals surface area contributed by atoms with E-state index in [0.29, 0.717) is 76.5 Å². The van der Waals surface area contributed by atoms with Crippen LogP contribution in [0.5, 0.6) is 46.0 Å². The first-order chi connectivity index (χ1) is 44.8. The third-order valence-electron chi connectivity index (χ3n) is 18.5. The molecule has 0 spiro atoms. The number of aliphatic imine (C=N–C) groups is 2. The van der Waals surface area contributed by atoms with Gasteiger partial charge in [0.2, 0.25) is 11.8 Å². The molecule has 486 valence electrons. The van der Waals surface area contributed by atoms with Gasteiger partial charge >= 0.3 is 12.2 Å². The third-order valence-corrected chi connectivity index (χ3v) is 20.6. The zero-order valence-corrected chi connectivity index (χ0v) is 55.7. The molecule has 3 N–H and O–H groups in total. The van der Waals surface area contributed by atoms with Crippen molar-refractivity contribution in [2.75, 3.05) is 36.9 Å². The summed E-state index contributed by atoms with van der Waals surface area (Å²) in [5, 5.41) is 2.70. The SMILES string of the molecule is CC(C)(C)OC(=O)N1CSC[C@@H]1C1=NC=C(c2ccc3c(c2)Oc2ccc(-c4cnc(C5CCCC5)[nH]4)cc2O3)C1.COC(=O)N[C@H](C(=O)N1CSC[C@H]1C1=NC=C(c2ccc3c(c2)Oc2ccc(-c4cnc([C@@H]5CCCN5C(=O)[C@@H](C)C(C)C)[nH]4)cc2O3)C1)C(C)C. The van der Waals surface area contributed by atoms with Gasteiger partial charge in [0.05, 0.1) is 60.8 Å². The van der Waals surface area contributed by atoms with E-state index >= 15 is 0 Å². The summed E-state index contributed by atoms with van der Waals surface area (Å²) in [4.78, 5) is 83.0. The van der Waals surface area contributed by atoms with Gasteiger partial charge in [0.1, 0.15) is 23.3 Å². The highest BCUT2D eigenvalue weighted by Gasteiger charge is 2.41. The van der Waals surface area contributed by atoms with Gasteiger partial charge in [0.15, 0.2) is 46.0 Å². The number of ether oxygens (including phenoxy) is 6. The van der Waals surface area contributed by atoms with Gasteiger partial charge in [-0.25, -0.2) is 19.6 Å². The van der Waals surface area contributed by atoms with E-state index in [1.54, 1.807) is 28.4 Å². The quantitative estimate of drug-likeness (QED) is 0.0976. The molecule has 2 aromatic heterocycles. The normalized spacial score (nSPS) is 20.3. The number of thioether (sulfide) groups is 2. The van der Waals surface area contributed by atoms with Crippen LogP contribution in [0.1, 0.15) is 141 Å². The topological polar surface area (TPSA) is 227 Å². The second-order valence-corrected chi connectivity index (χ2v) is 28.7. The van der Waals surface area contributed by atoms with Crippen LogP contribution in [-0.4, -0.2) is 131 Å². The van der Waals surface area contributed by atoms with Crippen molar-refractivity contribution in [3.63, 3.8) is 0 Å². The Morgan fingerprint density at radius 3 is 1.57 bits per heavy atom. The van der Waals surface area contributed by atoms with Crippen molar-refractivity contribution in [1.82, 2.24) is 40.0 Å². The van der Waals surface area contributed by atoms with E-state index < -0.39 is 17.7 Å². The molecule has 9 heterocycles. The summed E-state index contributed by atoms with van der Waals surface area (Å²) in [6, 6.07) is 22.7. The number of carbonyl (C=O) groups excluding carboxylic acids is 4. The summed E-state index contributed by atoms with van der Waals surface area (Å²) in [6.07, 6.45) is 14.7. The number of rotatable bonds is 13. The summed E-state index contributed by atoms with van der Waals surface area (Å²) in [7, 11) is 1.29. The van der Waals surface area contributed by atoms with E-state index in [1.165, 1.54) is 32.8 Å². The Balaban J connectivity index is 0.000000174. The molecule has 1 saturated carbocycles. The van der Waals surface area contributed by atoms with E-state index in [9.17, 15) is 19.2 Å². The predicted octanol–water partition coefficient (Wildman–Crippen LogP) is 15.5. The fourth-order valence-corrected chi connectivity index (χ4v) is 15.4. The molecule has 0 bridgehead atoms. The van der Waals surface area contributed by atoms with Crippen LogP contribution in [0.3, 0.4) is 0 Å². The Labute approximate surface area is 550 Å². The summed E-state index contributed by atoms with van der Waals surface area (Å²) in [5.41, 5.74) is 9.25. The lowest BCUT2D eigenvalue weighted by Crippen LogP contribution is -2.54. The number of aromatic nitrogens is 4. The summed E-state index contributed by atoms with van der Waals surface area (Å²) in [5.74, 6) is 10.5. The molecular weight excluding hydrogens is 1220 g/mol. The van der Waals surface area contributed by atoms with E-state index in [1.807, 2.05) is 149 Å². The summed E-state index contributed by atoms with van der Waals surface area (Å²) < 4.78 is 35.6. The van der Waals surface area contributed by atoms with Crippen molar-refractivity contribution in [2.45, 2.75) is 142 Å². The van der Waals surface area contributed by atoms with Crippen LogP contribution in [0.2, 0.25) is 0 Å². The van der Waals surface area contributed by atoms with Crippen molar-refractivity contribution in [3.8, 4) is 68.5 Å². The first-order valence-electron chi connectivity index (χ1n) is 32.3. The van der Waals surface area contributed by atoms with Gasteiger partial charge in [0.25, 0.3) is 0 Å². The minimum atomic E-state index is -0.685. The number of alkyl carbamates (subject to hydrolysis) is 1. The van der Waals surface area contributed by atoms with Crippen LogP contribution in [-0.2, 0) is 19.1 Å². The number of aromatic amines is 2. The fraction of sp³-hybridized carbons (Fsp3) is 0.437. The molecule has 1 aliphatic carbocycles. The van der Waals surface area contributed by atoms with Crippen LogP contribution in [0.4, 0.5) is 9.59 Å². The van der Waals surface area contributed by atoms with E-state index in [4.69, 9.17) is 43.4 Å². The molecule has 20 nitrogen and oxygen atoms in total. The monoisotopic (exact) mass is 1300 g/mol. The Morgan fingerprint density at radius 1 is 0.581 bits per heavy atom. The number of imidazole rings is 2. The number of hydrogen-bond donors (Lipinski definition) is 3. The number of fused-ring (bicyclic) bond motifs is 4. The van der Waals surface area contributed by atoms with Gasteiger partial charge in [-0.05, 0) is 141 Å². The molecule has 93 heavy (non-hydrogen) atoms. The highest BCUT2D eigenvalue weighted by atomic mass is 32.2. The molecule has 7 aliphatic heterocycles. The van der Waals surface area contributed by atoms with Gasteiger partial charge < -0.3 is 53.5 Å². The number of H-pyrrole nitrogens is 2. The van der Waals surface area contributed by atoms with Crippen LogP contribution in [0, 0.1) is 17.8 Å². The number of carbonyl (C=O) groups is 4.